The average molecular weight is 292 g/mol. The summed E-state index contributed by atoms with van der Waals surface area (Å²) in [5, 5.41) is 6.21. The van der Waals surface area contributed by atoms with Crippen LogP contribution in [-0.2, 0) is 4.74 Å². The molecule has 2 N–H and O–H groups in total. The van der Waals surface area contributed by atoms with Crippen molar-refractivity contribution in [2.45, 2.75) is 45.3 Å². The Bertz CT molecular complexity index is 503. The van der Waals surface area contributed by atoms with E-state index >= 15 is 0 Å². The molecule has 1 fully saturated rings. The highest BCUT2D eigenvalue weighted by molar-refractivity contribution is 5.87. The van der Waals surface area contributed by atoms with Crippen molar-refractivity contribution in [3.8, 4) is 5.75 Å². The lowest BCUT2D eigenvalue weighted by molar-refractivity contribution is 0.0635. The first kappa shape index (κ1) is 15.6. The van der Waals surface area contributed by atoms with E-state index in [1.54, 1.807) is 7.11 Å². The van der Waals surface area contributed by atoms with Crippen LogP contribution in [0.3, 0.4) is 0 Å². The maximum Gasteiger partial charge on any atom is 0.412 e. The van der Waals surface area contributed by atoms with E-state index in [1.807, 2.05) is 39.0 Å². The fraction of sp³-hybridized carbons (Fsp3) is 0.562. The van der Waals surface area contributed by atoms with Gasteiger partial charge in [-0.25, -0.2) is 4.79 Å². The van der Waals surface area contributed by atoms with Gasteiger partial charge in [-0.1, -0.05) is 6.07 Å². The zero-order valence-corrected chi connectivity index (χ0v) is 13.2. The minimum atomic E-state index is -0.526. The monoisotopic (exact) mass is 292 g/mol. The molecule has 1 aliphatic rings. The van der Waals surface area contributed by atoms with Crippen molar-refractivity contribution in [2.75, 3.05) is 19.0 Å². The lowest BCUT2D eigenvalue weighted by Gasteiger charge is -2.21. The minimum Gasteiger partial charge on any atom is -0.495 e. The van der Waals surface area contributed by atoms with E-state index in [4.69, 9.17) is 9.47 Å². The van der Waals surface area contributed by atoms with Crippen molar-refractivity contribution < 1.29 is 14.3 Å². The second kappa shape index (κ2) is 6.35. The fourth-order valence-corrected chi connectivity index (χ4v) is 2.42. The van der Waals surface area contributed by atoms with Crippen LogP contribution >= 0.6 is 0 Å². The second-order valence-electron chi connectivity index (χ2n) is 6.24. The minimum absolute atomic E-state index is 0.343. The van der Waals surface area contributed by atoms with Crippen LogP contribution in [-0.4, -0.2) is 25.3 Å². The van der Waals surface area contributed by atoms with Gasteiger partial charge >= 0.3 is 6.09 Å². The van der Waals surface area contributed by atoms with E-state index in [-0.39, 0.29) is 0 Å². The van der Waals surface area contributed by atoms with Crippen molar-refractivity contribution in [3.63, 3.8) is 0 Å². The molecule has 1 aromatic rings. The molecule has 116 valence electrons. The molecule has 5 nitrogen and oxygen atoms in total. The van der Waals surface area contributed by atoms with E-state index in [0.717, 1.165) is 18.5 Å². The Morgan fingerprint density at radius 2 is 2.14 bits per heavy atom. The summed E-state index contributed by atoms with van der Waals surface area (Å²) < 4.78 is 10.6. The van der Waals surface area contributed by atoms with Gasteiger partial charge in [0.2, 0.25) is 0 Å². The molecule has 0 radical (unpaired) electrons. The van der Waals surface area contributed by atoms with Crippen LogP contribution in [0.5, 0.6) is 5.75 Å². The van der Waals surface area contributed by atoms with E-state index in [9.17, 15) is 4.79 Å². The molecule has 0 spiro atoms. The highest BCUT2D eigenvalue weighted by atomic mass is 16.6. The standard InChI is InChI=1S/C16H24N2O3/c1-16(2,3)21-15(19)18-13-10-11(7-8-14(13)20-4)12-6-5-9-17-12/h7-8,10,12,17H,5-6,9H2,1-4H3,(H,18,19). The van der Waals surface area contributed by atoms with Crippen LogP contribution in [0, 0.1) is 0 Å². The van der Waals surface area contributed by atoms with Crippen LogP contribution in [0.15, 0.2) is 18.2 Å². The summed E-state index contributed by atoms with van der Waals surface area (Å²) in [5.41, 5.74) is 1.26. The van der Waals surface area contributed by atoms with Crippen LogP contribution in [0.4, 0.5) is 10.5 Å². The predicted molar refractivity (Wildman–Crippen MR) is 82.8 cm³/mol. The number of carbonyl (C=O) groups excluding carboxylic acids is 1. The Morgan fingerprint density at radius 3 is 2.71 bits per heavy atom. The lowest BCUT2D eigenvalue weighted by Crippen LogP contribution is -2.27. The summed E-state index contributed by atoms with van der Waals surface area (Å²) in [6.45, 7) is 6.54. The van der Waals surface area contributed by atoms with E-state index in [2.05, 4.69) is 10.6 Å². The summed E-state index contributed by atoms with van der Waals surface area (Å²) in [7, 11) is 1.59. The average Bonchev–Trinajstić information content (AvgIpc) is 2.90. The van der Waals surface area contributed by atoms with Crippen molar-refractivity contribution >= 4 is 11.8 Å². The van der Waals surface area contributed by atoms with Crippen LogP contribution in [0.1, 0.15) is 45.2 Å². The van der Waals surface area contributed by atoms with E-state index < -0.39 is 11.7 Å². The smallest absolute Gasteiger partial charge is 0.412 e. The Hall–Kier alpha value is -1.75. The van der Waals surface area contributed by atoms with Crippen molar-refractivity contribution in [1.82, 2.24) is 5.32 Å². The maximum absolute atomic E-state index is 11.9. The predicted octanol–water partition coefficient (Wildman–Crippen LogP) is 3.47. The Kier molecular flexibility index (Phi) is 4.73. The van der Waals surface area contributed by atoms with Gasteiger partial charge in [-0.3, -0.25) is 5.32 Å². The Balaban J connectivity index is 2.15. The molecule has 1 aromatic carbocycles. The van der Waals surface area contributed by atoms with E-state index in [0.29, 0.717) is 17.5 Å². The summed E-state index contributed by atoms with van der Waals surface area (Å²) in [4.78, 5) is 11.9. The van der Waals surface area contributed by atoms with Crippen LogP contribution in [0.25, 0.3) is 0 Å². The number of anilines is 1. The Morgan fingerprint density at radius 1 is 1.38 bits per heavy atom. The number of hydrogen-bond acceptors (Lipinski definition) is 4. The number of hydrogen-bond donors (Lipinski definition) is 2. The third kappa shape index (κ3) is 4.36. The number of methoxy groups -OCH3 is 1. The number of nitrogens with one attached hydrogen (secondary N) is 2. The fourth-order valence-electron chi connectivity index (χ4n) is 2.42. The normalized spacial score (nSPS) is 18.4. The topological polar surface area (TPSA) is 59.6 Å². The molecule has 1 atom stereocenters. The van der Waals surface area contributed by atoms with Gasteiger partial charge in [0.25, 0.3) is 0 Å². The van der Waals surface area contributed by atoms with Crippen molar-refractivity contribution in [1.29, 1.82) is 0 Å². The zero-order chi connectivity index (χ0) is 15.5. The molecule has 0 aromatic heterocycles. The summed E-state index contributed by atoms with van der Waals surface area (Å²) in [6.07, 6.45) is 1.81. The molecule has 1 unspecified atom stereocenters. The summed E-state index contributed by atoms with van der Waals surface area (Å²) in [5.74, 6) is 0.627. The van der Waals surface area contributed by atoms with Gasteiger partial charge in [0.15, 0.2) is 0 Å². The molecular formula is C16H24N2O3. The molecule has 1 heterocycles. The highest BCUT2D eigenvalue weighted by Gasteiger charge is 2.20. The summed E-state index contributed by atoms with van der Waals surface area (Å²) >= 11 is 0. The van der Waals surface area contributed by atoms with Gasteiger partial charge in [0.05, 0.1) is 12.8 Å². The van der Waals surface area contributed by atoms with Gasteiger partial charge in [-0.05, 0) is 57.9 Å². The SMILES string of the molecule is COc1ccc(C2CCCN2)cc1NC(=O)OC(C)(C)C. The third-order valence-electron chi connectivity index (χ3n) is 3.32. The number of rotatable bonds is 3. The van der Waals surface area contributed by atoms with Gasteiger partial charge in [-0.2, -0.15) is 0 Å². The first-order valence-corrected chi connectivity index (χ1v) is 7.30. The molecule has 1 aliphatic heterocycles. The molecular weight excluding hydrogens is 268 g/mol. The van der Waals surface area contributed by atoms with Gasteiger partial charge in [-0.15, -0.1) is 0 Å². The van der Waals surface area contributed by atoms with E-state index in [1.165, 1.54) is 6.42 Å². The molecule has 21 heavy (non-hydrogen) atoms. The molecule has 1 saturated heterocycles. The molecule has 0 saturated carbocycles. The maximum atomic E-state index is 11.9. The summed E-state index contributed by atoms with van der Waals surface area (Å²) in [6, 6.07) is 6.20. The number of ether oxygens (including phenoxy) is 2. The quantitative estimate of drug-likeness (QED) is 0.895. The van der Waals surface area contributed by atoms with Gasteiger partial charge < -0.3 is 14.8 Å². The number of benzene rings is 1. The third-order valence-corrected chi connectivity index (χ3v) is 3.32. The van der Waals surface area contributed by atoms with Gasteiger partial charge in [0, 0.05) is 6.04 Å². The second-order valence-corrected chi connectivity index (χ2v) is 6.24. The first-order valence-electron chi connectivity index (χ1n) is 7.30. The zero-order valence-electron chi connectivity index (χ0n) is 13.2. The molecule has 1 amide bonds. The Labute approximate surface area is 126 Å². The number of amides is 1. The largest absolute Gasteiger partial charge is 0.495 e. The first-order chi connectivity index (χ1) is 9.89. The van der Waals surface area contributed by atoms with Gasteiger partial charge in [0.1, 0.15) is 11.4 Å². The molecule has 0 aliphatic carbocycles. The molecule has 2 rings (SSSR count). The number of carbonyl (C=O) groups is 1. The van der Waals surface area contributed by atoms with Crippen molar-refractivity contribution in [3.05, 3.63) is 23.8 Å². The van der Waals surface area contributed by atoms with Crippen molar-refractivity contribution in [2.24, 2.45) is 0 Å². The van der Waals surface area contributed by atoms with Crippen LogP contribution in [0.2, 0.25) is 0 Å². The molecule has 0 bridgehead atoms. The lowest BCUT2D eigenvalue weighted by atomic mass is 10.0. The van der Waals surface area contributed by atoms with Crippen LogP contribution < -0.4 is 15.4 Å². The highest BCUT2D eigenvalue weighted by Crippen LogP contribution is 2.31. The molecule has 5 heteroatoms.